The van der Waals surface area contributed by atoms with Crippen LogP contribution in [-0.2, 0) is 12.8 Å². The van der Waals surface area contributed by atoms with E-state index < -0.39 is 0 Å². The summed E-state index contributed by atoms with van der Waals surface area (Å²) in [6.07, 6.45) is 4.40. The number of rotatable bonds is 5. The SMILES string of the molecule is CNCCCNC(=O)c1csc2c1CCC(C)C2.Cl. The Morgan fingerprint density at radius 3 is 3.00 bits per heavy atom. The van der Waals surface area contributed by atoms with Crippen LogP contribution in [0.2, 0.25) is 0 Å². The summed E-state index contributed by atoms with van der Waals surface area (Å²) in [5.74, 6) is 0.876. The van der Waals surface area contributed by atoms with E-state index in [4.69, 9.17) is 0 Å². The summed E-state index contributed by atoms with van der Waals surface area (Å²) in [4.78, 5) is 13.5. The fraction of sp³-hybridized carbons (Fsp3) is 0.643. The van der Waals surface area contributed by atoms with Gasteiger partial charge in [-0.15, -0.1) is 23.7 Å². The molecule has 0 bridgehead atoms. The van der Waals surface area contributed by atoms with Crippen molar-refractivity contribution in [3.05, 3.63) is 21.4 Å². The number of fused-ring (bicyclic) bond motifs is 1. The molecule has 1 aliphatic carbocycles. The highest BCUT2D eigenvalue weighted by molar-refractivity contribution is 7.10. The number of carbonyl (C=O) groups excluding carboxylic acids is 1. The Labute approximate surface area is 125 Å². The number of carbonyl (C=O) groups is 1. The van der Waals surface area contributed by atoms with Crippen LogP contribution in [-0.4, -0.2) is 26.0 Å². The second kappa shape index (κ2) is 7.88. The first-order valence-corrected chi connectivity index (χ1v) is 7.62. The van der Waals surface area contributed by atoms with Gasteiger partial charge in [-0.25, -0.2) is 0 Å². The number of hydrogen-bond donors (Lipinski definition) is 2. The first kappa shape index (κ1) is 16.5. The van der Waals surface area contributed by atoms with Crippen LogP contribution in [0.4, 0.5) is 0 Å². The molecule has 1 heterocycles. The van der Waals surface area contributed by atoms with Crippen LogP contribution in [0.1, 0.15) is 40.6 Å². The molecule has 0 aromatic carbocycles. The molecule has 2 rings (SSSR count). The van der Waals surface area contributed by atoms with E-state index in [2.05, 4.69) is 17.6 Å². The Kier molecular flexibility index (Phi) is 6.83. The molecule has 1 aliphatic rings. The highest BCUT2D eigenvalue weighted by atomic mass is 35.5. The zero-order valence-corrected chi connectivity index (χ0v) is 13.3. The zero-order chi connectivity index (χ0) is 13.0. The van der Waals surface area contributed by atoms with E-state index in [1.165, 1.54) is 16.9 Å². The summed E-state index contributed by atoms with van der Waals surface area (Å²) in [6.45, 7) is 3.99. The van der Waals surface area contributed by atoms with Gasteiger partial charge in [-0.2, -0.15) is 0 Å². The van der Waals surface area contributed by atoms with Gasteiger partial charge in [0.25, 0.3) is 5.91 Å². The van der Waals surface area contributed by atoms with E-state index in [-0.39, 0.29) is 18.3 Å². The minimum atomic E-state index is 0. The third-order valence-corrected chi connectivity index (χ3v) is 4.59. The first-order valence-electron chi connectivity index (χ1n) is 6.74. The normalized spacial score (nSPS) is 17.5. The van der Waals surface area contributed by atoms with Crippen LogP contribution in [0.15, 0.2) is 5.38 Å². The molecule has 1 atom stereocenters. The summed E-state index contributed by atoms with van der Waals surface area (Å²) in [6, 6.07) is 0. The van der Waals surface area contributed by atoms with Crippen molar-refractivity contribution >= 4 is 29.7 Å². The van der Waals surface area contributed by atoms with Gasteiger partial charge in [0.15, 0.2) is 0 Å². The smallest absolute Gasteiger partial charge is 0.252 e. The van der Waals surface area contributed by atoms with Crippen molar-refractivity contribution in [3.8, 4) is 0 Å². The number of nitrogens with one attached hydrogen (secondary N) is 2. The van der Waals surface area contributed by atoms with Crippen LogP contribution in [0.5, 0.6) is 0 Å². The molecular weight excluding hydrogens is 280 g/mol. The van der Waals surface area contributed by atoms with E-state index in [0.717, 1.165) is 43.8 Å². The lowest BCUT2D eigenvalue weighted by molar-refractivity contribution is 0.0952. The number of hydrogen-bond acceptors (Lipinski definition) is 3. The summed E-state index contributed by atoms with van der Waals surface area (Å²) in [7, 11) is 1.93. The van der Waals surface area contributed by atoms with Gasteiger partial charge in [0.1, 0.15) is 0 Å². The number of amides is 1. The van der Waals surface area contributed by atoms with Crippen LogP contribution >= 0.6 is 23.7 Å². The van der Waals surface area contributed by atoms with Crippen molar-refractivity contribution in [3.63, 3.8) is 0 Å². The fourth-order valence-electron chi connectivity index (χ4n) is 2.43. The molecule has 5 heteroatoms. The van der Waals surface area contributed by atoms with Crippen molar-refractivity contribution in [2.45, 2.75) is 32.6 Å². The summed E-state index contributed by atoms with van der Waals surface area (Å²) >= 11 is 1.75. The number of halogens is 1. The molecule has 0 saturated heterocycles. The minimum absolute atomic E-state index is 0. The highest BCUT2D eigenvalue weighted by Gasteiger charge is 2.22. The fourth-order valence-corrected chi connectivity index (χ4v) is 3.67. The molecule has 0 radical (unpaired) electrons. The Morgan fingerprint density at radius 1 is 1.47 bits per heavy atom. The van der Waals surface area contributed by atoms with E-state index in [1.807, 2.05) is 12.4 Å². The molecule has 3 nitrogen and oxygen atoms in total. The molecule has 0 spiro atoms. The van der Waals surface area contributed by atoms with Crippen molar-refractivity contribution in [1.82, 2.24) is 10.6 Å². The number of thiophene rings is 1. The quantitative estimate of drug-likeness (QED) is 0.821. The van der Waals surface area contributed by atoms with Crippen molar-refractivity contribution < 1.29 is 4.79 Å². The lowest BCUT2D eigenvalue weighted by Gasteiger charge is -2.18. The molecule has 1 amide bonds. The largest absolute Gasteiger partial charge is 0.352 e. The molecule has 0 aliphatic heterocycles. The molecule has 2 N–H and O–H groups in total. The Hall–Kier alpha value is -0.580. The van der Waals surface area contributed by atoms with Crippen molar-refractivity contribution in [2.24, 2.45) is 5.92 Å². The van der Waals surface area contributed by atoms with E-state index >= 15 is 0 Å². The van der Waals surface area contributed by atoms with Gasteiger partial charge in [-0.1, -0.05) is 6.92 Å². The van der Waals surface area contributed by atoms with Crippen LogP contribution < -0.4 is 10.6 Å². The Morgan fingerprint density at radius 2 is 2.26 bits per heavy atom. The van der Waals surface area contributed by atoms with E-state index in [9.17, 15) is 4.79 Å². The molecule has 19 heavy (non-hydrogen) atoms. The van der Waals surface area contributed by atoms with E-state index in [0.29, 0.717) is 0 Å². The second-order valence-electron chi connectivity index (χ2n) is 5.11. The van der Waals surface area contributed by atoms with Gasteiger partial charge in [0.05, 0.1) is 5.56 Å². The topological polar surface area (TPSA) is 41.1 Å². The van der Waals surface area contributed by atoms with Gasteiger partial charge in [-0.05, 0) is 50.8 Å². The standard InChI is InChI=1S/C14H22N2OS.ClH/c1-10-4-5-11-12(9-18-13(11)8-10)14(17)16-7-3-6-15-2;/h9-10,15H,3-8H2,1-2H3,(H,16,17);1H. The lowest BCUT2D eigenvalue weighted by atomic mass is 9.88. The Balaban J connectivity index is 0.00000180. The molecule has 0 saturated carbocycles. The van der Waals surface area contributed by atoms with Crippen molar-refractivity contribution in [2.75, 3.05) is 20.1 Å². The predicted octanol–water partition coefficient (Wildman–Crippen LogP) is 2.63. The first-order chi connectivity index (χ1) is 8.72. The predicted molar refractivity (Wildman–Crippen MR) is 83.6 cm³/mol. The molecule has 1 unspecified atom stereocenters. The average molecular weight is 303 g/mol. The maximum Gasteiger partial charge on any atom is 0.252 e. The molecular formula is C14H23ClN2OS. The summed E-state index contributed by atoms with van der Waals surface area (Å²) in [5.41, 5.74) is 2.23. The van der Waals surface area contributed by atoms with Gasteiger partial charge in [0, 0.05) is 16.8 Å². The highest BCUT2D eigenvalue weighted by Crippen LogP contribution is 2.32. The minimum Gasteiger partial charge on any atom is -0.352 e. The molecule has 1 aromatic heterocycles. The maximum atomic E-state index is 12.1. The second-order valence-corrected chi connectivity index (χ2v) is 6.08. The van der Waals surface area contributed by atoms with Crippen LogP contribution in [0.3, 0.4) is 0 Å². The third kappa shape index (κ3) is 4.20. The van der Waals surface area contributed by atoms with Gasteiger partial charge < -0.3 is 10.6 Å². The maximum absolute atomic E-state index is 12.1. The van der Waals surface area contributed by atoms with Crippen LogP contribution in [0, 0.1) is 5.92 Å². The average Bonchev–Trinajstić information content (AvgIpc) is 2.77. The summed E-state index contributed by atoms with van der Waals surface area (Å²) < 4.78 is 0. The Bertz CT molecular complexity index is 420. The van der Waals surface area contributed by atoms with Gasteiger partial charge in [0.2, 0.25) is 0 Å². The zero-order valence-electron chi connectivity index (χ0n) is 11.6. The van der Waals surface area contributed by atoms with Gasteiger partial charge >= 0.3 is 0 Å². The van der Waals surface area contributed by atoms with E-state index in [1.54, 1.807) is 11.3 Å². The molecule has 1 aromatic rings. The monoisotopic (exact) mass is 302 g/mol. The third-order valence-electron chi connectivity index (χ3n) is 3.54. The summed E-state index contributed by atoms with van der Waals surface area (Å²) in [5, 5.41) is 8.13. The lowest BCUT2D eigenvalue weighted by Crippen LogP contribution is -2.27. The molecule has 0 fully saturated rings. The molecule has 108 valence electrons. The van der Waals surface area contributed by atoms with Crippen LogP contribution in [0.25, 0.3) is 0 Å². The van der Waals surface area contributed by atoms with Crippen molar-refractivity contribution in [1.29, 1.82) is 0 Å². The van der Waals surface area contributed by atoms with Gasteiger partial charge in [-0.3, -0.25) is 4.79 Å².